The molecule has 0 saturated carbocycles. The number of nitrogens with zero attached hydrogens (tertiary/aromatic N) is 2. The summed E-state index contributed by atoms with van der Waals surface area (Å²) >= 11 is 1.74. The first-order chi connectivity index (χ1) is 6.86. The van der Waals surface area contributed by atoms with Gasteiger partial charge in [0.05, 0.1) is 6.54 Å². The van der Waals surface area contributed by atoms with E-state index in [1.807, 2.05) is 18.6 Å². The minimum absolute atomic E-state index is 0.993. The van der Waals surface area contributed by atoms with Crippen molar-refractivity contribution in [1.29, 1.82) is 0 Å². The lowest BCUT2D eigenvalue weighted by molar-refractivity contribution is 0.267. The number of hydrogen-bond donors (Lipinski definition) is 1. The van der Waals surface area contributed by atoms with Crippen molar-refractivity contribution in [2.75, 3.05) is 26.7 Å². The molecule has 0 radical (unpaired) electrons. The van der Waals surface area contributed by atoms with Gasteiger partial charge in [-0.15, -0.1) is 11.3 Å². The molecule has 1 heterocycles. The quantitative estimate of drug-likeness (QED) is 0.745. The Bertz CT molecular complexity index is 223. The molecule has 3 nitrogen and oxygen atoms in total. The molecular weight excluding hydrogens is 194 g/mol. The average molecular weight is 213 g/mol. The SMILES string of the molecule is CCCN(CCNC)Cc1nccs1. The summed E-state index contributed by atoms with van der Waals surface area (Å²) in [5.41, 5.74) is 0. The van der Waals surface area contributed by atoms with Crippen molar-refractivity contribution in [2.45, 2.75) is 19.9 Å². The van der Waals surface area contributed by atoms with Crippen molar-refractivity contribution >= 4 is 11.3 Å². The van der Waals surface area contributed by atoms with Crippen LogP contribution in [0.1, 0.15) is 18.4 Å². The van der Waals surface area contributed by atoms with Gasteiger partial charge in [-0.25, -0.2) is 4.98 Å². The standard InChI is InChI=1S/C10H19N3S/c1-3-6-13(7-4-11-2)9-10-12-5-8-14-10/h5,8,11H,3-4,6-7,9H2,1-2H3. The minimum atomic E-state index is 0.993. The van der Waals surface area contributed by atoms with Crippen LogP contribution in [0.5, 0.6) is 0 Å². The predicted molar refractivity (Wildman–Crippen MR) is 61.6 cm³/mol. The molecule has 0 aliphatic heterocycles. The van der Waals surface area contributed by atoms with Gasteiger partial charge < -0.3 is 5.32 Å². The molecule has 1 aromatic heterocycles. The molecule has 4 heteroatoms. The fourth-order valence-electron chi connectivity index (χ4n) is 1.38. The van der Waals surface area contributed by atoms with Crippen molar-refractivity contribution in [3.63, 3.8) is 0 Å². The summed E-state index contributed by atoms with van der Waals surface area (Å²) in [7, 11) is 1.99. The molecule has 0 saturated heterocycles. The molecule has 0 unspecified atom stereocenters. The molecule has 0 fully saturated rings. The number of likely N-dealkylation sites (N-methyl/N-ethyl adjacent to an activating group) is 1. The van der Waals surface area contributed by atoms with Gasteiger partial charge in [0.25, 0.3) is 0 Å². The van der Waals surface area contributed by atoms with Crippen molar-refractivity contribution in [3.8, 4) is 0 Å². The maximum atomic E-state index is 4.30. The van der Waals surface area contributed by atoms with Crippen LogP contribution in [0.3, 0.4) is 0 Å². The van der Waals surface area contributed by atoms with Gasteiger partial charge in [-0.2, -0.15) is 0 Å². The van der Waals surface area contributed by atoms with Gasteiger partial charge in [0.1, 0.15) is 5.01 Å². The first-order valence-corrected chi connectivity index (χ1v) is 6.00. The topological polar surface area (TPSA) is 28.2 Å². The summed E-state index contributed by atoms with van der Waals surface area (Å²) in [5.74, 6) is 0. The second kappa shape index (κ2) is 6.92. The van der Waals surface area contributed by atoms with Crippen LogP contribution in [0.25, 0.3) is 0 Å². The first kappa shape index (κ1) is 11.6. The van der Waals surface area contributed by atoms with Gasteiger partial charge in [-0.05, 0) is 20.0 Å². The molecule has 80 valence electrons. The van der Waals surface area contributed by atoms with E-state index in [0.29, 0.717) is 0 Å². The second-order valence-corrected chi connectivity index (χ2v) is 4.28. The maximum Gasteiger partial charge on any atom is 0.107 e. The number of rotatable bonds is 7. The lowest BCUT2D eigenvalue weighted by atomic mass is 10.4. The van der Waals surface area contributed by atoms with E-state index in [9.17, 15) is 0 Å². The second-order valence-electron chi connectivity index (χ2n) is 3.31. The molecule has 0 aliphatic rings. The Hall–Kier alpha value is -0.450. The van der Waals surface area contributed by atoms with Gasteiger partial charge in [0, 0.05) is 24.7 Å². The fraction of sp³-hybridized carbons (Fsp3) is 0.700. The van der Waals surface area contributed by atoms with Crippen LogP contribution in [0, 0.1) is 0 Å². The molecule has 1 aromatic rings. The Morgan fingerprint density at radius 2 is 2.36 bits per heavy atom. The zero-order valence-electron chi connectivity index (χ0n) is 8.99. The number of aromatic nitrogens is 1. The van der Waals surface area contributed by atoms with Crippen molar-refractivity contribution in [2.24, 2.45) is 0 Å². The summed E-state index contributed by atoms with van der Waals surface area (Å²) < 4.78 is 0. The Labute approximate surface area is 90.2 Å². The van der Waals surface area contributed by atoms with E-state index >= 15 is 0 Å². The Balaban J connectivity index is 2.34. The summed E-state index contributed by atoms with van der Waals surface area (Å²) in [6.45, 7) is 6.51. The van der Waals surface area contributed by atoms with Crippen LogP contribution >= 0.6 is 11.3 Å². The van der Waals surface area contributed by atoms with Gasteiger partial charge in [0.15, 0.2) is 0 Å². The van der Waals surface area contributed by atoms with E-state index in [0.717, 1.165) is 26.2 Å². The molecule has 0 aliphatic carbocycles. The fourth-order valence-corrected chi connectivity index (χ4v) is 2.04. The normalized spacial score (nSPS) is 11.1. The molecule has 14 heavy (non-hydrogen) atoms. The Kier molecular flexibility index (Phi) is 5.75. The average Bonchev–Trinajstić information content (AvgIpc) is 2.67. The molecule has 1 N–H and O–H groups in total. The Morgan fingerprint density at radius 3 is 2.93 bits per heavy atom. The third kappa shape index (κ3) is 4.17. The molecule has 1 rings (SSSR count). The summed E-state index contributed by atoms with van der Waals surface area (Å²) in [6.07, 6.45) is 3.08. The molecular formula is C10H19N3S. The van der Waals surface area contributed by atoms with Gasteiger partial charge in [0.2, 0.25) is 0 Å². The summed E-state index contributed by atoms with van der Waals surface area (Å²) in [4.78, 5) is 6.74. The van der Waals surface area contributed by atoms with E-state index < -0.39 is 0 Å². The number of nitrogens with one attached hydrogen (secondary N) is 1. The lowest BCUT2D eigenvalue weighted by Gasteiger charge is -2.19. The third-order valence-corrected chi connectivity index (χ3v) is 2.82. The van der Waals surface area contributed by atoms with E-state index in [-0.39, 0.29) is 0 Å². The van der Waals surface area contributed by atoms with E-state index in [2.05, 4.69) is 22.1 Å². The van der Waals surface area contributed by atoms with Gasteiger partial charge in [-0.1, -0.05) is 6.92 Å². The zero-order valence-corrected chi connectivity index (χ0v) is 9.81. The van der Waals surface area contributed by atoms with Crippen molar-refractivity contribution in [1.82, 2.24) is 15.2 Å². The summed E-state index contributed by atoms with van der Waals surface area (Å²) in [6, 6.07) is 0. The van der Waals surface area contributed by atoms with E-state index in [1.54, 1.807) is 11.3 Å². The highest BCUT2D eigenvalue weighted by molar-refractivity contribution is 7.09. The van der Waals surface area contributed by atoms with Crippen LogP contribution in [0.2, 0.25) is 0 Å². The molecule has 0 atom stereocenters. The molecule has 0 spiro atoms. The van der Waals surface area contributed by atoms with Crippen molar-refractivity contribution < 1.29 is 0 Å². The highest BCUT2D eigenvalue weighted by Gasteiger charge is 2.05. The first-order valence-electron chi connectivity index (χ1n) is 5.12. The van der Waals surface area contributed by atoms with Gasteiger partial charge in [-0.3, -0.25) is 4.90 Å². The maximum absolute atomic E-state index is 4.30. The monoisotopic (exact) mass is 213 g/mol. The van der Waals surface area contributed by atoms with Crippen LogP contribution in [-0.2, 0) is 6.54 Å². The van der Waals surface area contributed by atoms with Crippen LogP contribution in [0.15, 0.2) is 11.6 Å². The largest absolute Gasteiger partial charge is 0.318 e. The van der Waals surface area contributed by atoms with Crippen molar-refractivity contribution in [3.05, 3.63) is 16.6 Å². The van der Waals surface area contributed by atoms with E-state index in [4.69, 9.17) is 0 Å². The molecule has 0 aromatic carbocycles. The number of hydrogen-bond acceptors (Lipinski definition) is 4. The van der Waals surface area contributed by atoms with Crippen LogP contribution in [0.4, 0.5) is 0 Å². The highest BCUT2D eigenvalue weighted by Crippen LogP contribution is 2.07. The highest BCUT2D eigenvalue weighted by atomic mass is 32.1. The number of thiazole rings is 1. The molecule has 0 amide bonds. The van der Waals surface area contributed by atoms with Crippen LogP contribution < -0.4 is 5.32 Å². The van der Waals surface area contributed by atoms with Gasteiger partial charge >= 0.3 is 0 Å². The zero-order chi connectivity index (χ0) is 10.2. The minimum Gasteiger partial charge on any atom is -0.318 e. The molecule has 0 bridgehead atoms. The predicted octanol–water partition coefficient (Wildman–Crippen LogP) is 1.57. The lowest BCUT2D eigenvalue weighted by Crippen LogP contribution is -2.31. The third-order valence-electron chi connectivity index (χ3n) is 2.06. The Morgan fingerprint density at radius 1 is 1.50 bits per heavy atom. The van der Waals surface area contributed by atoms with Crippen LogP contribution in [-0.4, -0.2) is 36.6 Å². The van der Waals surface area contributed by atoms with E-state index in [1.165, 1.54) is 11.4 Å². The summed E-state index contributed by atoms with van der Waals surface area (Å²) in [5, 5.41) is 6.43. The smallest absolute Gasteiger partial charge is 0.107 e.